The van der Waals surface area contributed by atoms with E-state index in [1.807, 2.05) is 0 Å². The molecule has 2 rings (SSSR count). The molecular weight excluding hydrogens is 336 g/mol. The summed E-state index contributed by atoms with van der Waals surface area (Å²) in [6.45, 7) is -0.0700. The molecule has 3 N–H and O–H groups in total. The van der Waals surface area contributed by atoms with Crippen molar-refractivity contribution in [2.45, 2.75) is 0 Å². The van der Waals surface area contributed by atoms with Crippen molar-refractivity contribution < 1.29 is 24.7 Å². The monoisotopic (exact) mass is 352 g/mol. The Kier molecular flexibility index (Phi) is 6.53. The molecule has 7 heteroatoms. The van der Waals surface area contributed by atoms with Crippen LogP contribution in [-0.4, -0.2) is 40.7 Å². The van der Waals surface area contributed by atoms with Crippen LogP contribution in [0.4, 0.5) is 0 Å². The van der Waals surface area contributed by atoms with E-state index in [-0.39, 0.29) is 17.9 Å². The Labute approximate surface area is 149 Å². The molecule has 0 saturated carbocycles. The molecular formula is C19H16N2O5. The van der Waals surface area contributed by atoms with E-state index in [9.17, 15) is 14.4 Å². The highest BCUT2D eigenvalue weighted by Gasteiger charge is 2.05. The molecule has 2 aromatic carbocycles. The second kappa shape index (κ2) is 9.05. The zero-order chi connectivity index (χ0) is 18.9. The number of carboxylic acid groups (broad SMARTS) is 1. The van der Waals surface area contributed by atoms with E-state index in [0.717, 1.165) is 6.08 Å². The number of amides is 1. The van der Waals surface area contributed by atoms with Gasteiger partial charge in [0.1, 0.15) is 6.54 Å². The average Bonchev–Trinajstić information content (AvgIpc) is 2.66. The third-order valence-electron chi connectivity index (χ3n) is 3.38. The normalized spacial score (nSPS) is 11.0. The van der Waals surface area contributed by atoms with Crippen molar-refractivity contribution in [3.8, 4) is 0 Å². The molecule has 7 nitrogen and oxygen atoms in total. The van der Waals surface area contributed by atoms with Gasteiger partial charge in [-0.1, -0.05) is 36.4 Å². The van der Waals surface area contributed by atoms with Gasteiger partial charge >= 0.3 is 5.97 Å². The molecule has 0 aliphatic rings. The number of nitrogens with one attached hydrogen (secondary N) is 1. The number of Topliss-reactive ketones (excluding diaryl/α,β-unsaturated/α-hetero) is 1. The number of ketones is 1. The van der Waals surface area contributed by atoms with Gasteiger partial charge in [-0.15, -0.1) is 0 Å². The fourth-order valence-electron chi connectivity index (χ4n) is 2.07. The van der Waals surface area contributed by atoms with Gasteiger partial charge in [0, 0.05) is 17.9 Å². The van der Waals surface area contributed by atoms with Crippen LogP contribution in [0.25, 0.3) is 6.08 Å². The van der Waals surface area contributed by atoms with Gasteiger partial charge < -0.3 is 5.11 Å². The van der Waals surface area contributed by atoms with E-state index in [1.165, 1.54) is 29.9 Å². The molecule has 0 heterocycles. The second-order valence-corrected chi connectivity index (χ2v) is 5.25. The highest BCUT2D eigenvalue weighted by molar-refractivity contribution is 5.99. The van der Waals surface area contributed by atoms with Crippen LogP contribution < -0.4 is 5.48 Å². The van der Waals surface area contributed by atoms with Gasteiger partial charge in [-0.05, 0) is 29.3 Å². The summed E-state index contributed by atoms with van der Waals surface area (Å²) in [5.74, 6) is -1.87. The molecule has 0 fully saturated rings. The maximum Gasteiger partial charge on any atom is 0.335 e. The van der Waals surface area contributed by atoms with Crippen molar-refractivity contribution in [2.75, 3.05) is 6.54 Å². The summed E-state index contributed by atoms with van der Waals surface area (Å²) in [5, 5.41) is 17.3. The molecule has 2 aromatic rings. The molecule has 0 aliphatic heterocycles. The molecule has 0 aromatic heterocycles. The lowest BCUT2D eigenvalue weighted by molar-refractivity contribution is -0.124. The fourth-order valence-corrected chi connectivity index (χ4v) is 2.07. The Morgan fingerprint density at radius 3 is 2.38 bits per heavy atom. The van der Waals surface area contributed by atoms with Gasteiger partial charge in [-0.25, -0.2) is 10.3 Å². The molecule has 0 saturated heterocycles. The van der Waals surface area contributed by atoms with Crippen molar-refractivity contribution >= 4 is 30.0 Å². The lowest BCUT2D eigenvalue weighted by Gasteiger charge is -2.00. The Hall–Kier alpha value is -3.58. The number of hydrogen-bond acceptors (Lipinski definition) is 5. The topological polar surface area (TPSA) is 116 Å². The van der Waals surface area contributed by atoms with E-state index >= 15 is 0 Å². The minimum atomic E-state index is -1.03. The first-order valence-electron chi connectivity index (χ1n) is 7.58. The molecule has 0 bridgehead atoms. The number of nitrogens with zero attached hydrogens (tertiary/aromatic N) is 1. The van der Waals surface area contributed by atoms with Crippen molar-refractivity contribution in [1.29, 1.82) is 0 Å². The van der Waals surface area contributed by atoms with Crippen LogP contribution in [0.3, 0.4) is 0 Å². The van der Waals surface area contributed by atoms with Crippen LogP contribution in [0, 0.1) is 0 Å². The predicted molar refractivity (Wildman–Crippen MR) is 95.6 cm³/mol. The third-order valence-corrected chi connectivity index (χ3v) is 3.38. The van der Waals surface area contributed by atoms with Crippen LogP contribution >= 0.6 is 0 Å². The lowest BCUT2D eigenvalue weighted by Crippen LogP contribution is -2.14. The Bertz CT molecular complexity index is 870. The van der Waals surface area contributed by atoms with Crippen LogP contribution in [0.2, 0.25) is 0 Å². The standard InChI is InChI=1S/C19H16N2O5/c22-17(12-20-11-14-2-1-3-16(10-14)19(24)25)15-7-4-13(5-8-15)6-9-18(23)21-26/h1-11,26H,12H2,(H,21,23)(H,24,25)/b9-6+,20-11?. The lowest BCUT2D eigenvalue weighted by atomic mass is 10.1. The van der Waals surface area contributed by atoms with Gasteiger partial charge in [0.25, 0.3) is 5.91 Å². The van der Waals surface area contributed by atoms with Crippen LogP contribution in [0.1, 0.15) is 31.8 Å². The van der Waals surface area contributed by atoms with Gasteiger partial charge in [0.2, 0.25) is 0 Å². The minimum absolute atomic E-state index is 0.0700. The summed E-state index contributed by atoms with van der Waals surface area (Å²) in [4.78, 5) is 38.0. The highest BCUT2D eigenvalue weighted by atomic mass is 16.5. The minimum Gasteiger partial charge on any atom is -0.478 e. The van der Waals surface area contributed by atoms with E-state index in [2.05, 4.69) is 4.99 Å². The summed E-state index contributed by atoms with van der Waals surface area (Å²) in [7, 11) is 0. The smallest absolute Gasteiger partial charge is 0.335 e. The molecule has 132 valence electrons. The number of hydrogen-bond donors (Lipinski definition) is 3. The average molecular weight is 352 g/mol. The van der Waals surface area contributed by atoms with E-state index < -0.39 is 11.9 Å². The number of carbonyl (C=O) groups excluding carboxylic acids is 2. The number of aliphatic imine (C=N–C) groups is 1. The Morgan fingerprint density at radius 1 is 1.00 bits per heavy atom. The number of benzene rings is 2. The van der Waals surface area contributed by atoms with Gasteiger partial charge in [-0.3, -0.25) is 19.8 Å². The van der Waals surface area contributed by atoms with Gasteiger partial charge in [-0.2, -0.15) is 0 Å². The zero-order valence-electron chi connectivity index (χ0n) is 13.6. The number of hydroxylamine groups is 1. The summed E-state index contributed by atoms with van der Waals surface area (Å²) in [6, 6.07) is 12.8. The van der Waals surface area contributed by atoms with Crippen LogP contribution in [-0.2, 0) is 4.79 Å². The number of rotatable bonds is 7. The number of aromatic carboxylic acids is 1. The summed E-state index contributed by atoms with van der Waals surface area (Å²) in [5.41, 5.74) is 3.39. The molecule has 0 atom stereocenters. The first-order chi connectivity index (χ1) is 12.5. The maximum absolute atomic E-state index is 12.1. The Morgan fingerprint density at radius 2 is 1.73 bits per heavy atom. The van der Waals surface area contributed by atoms with E-state index in [0.29, 0.717) is 16.7 Å². The molecule has 1 amide bonds. The predicted octanol–water partition coefficient (Wildman–Crippen LogP) is 2.21. The quantitative estimate of drug-likeness (QED) is 0.232. The molecule has 0 unspecified atom stereocenters. The van der Waals surface area contributed by atoms with Gasteiger partial charge in [0.05, 0.1) is 5.56 Å². The number of carbonyl (C=O) groups is 3. The SMILES string of the molecule is O=C(/C=C/c1ccc(C(=O)CN=Cc2cccc(C(=O)O)c2)cc1)NO. The molecule has 0 radical (unpaired) electrons. The largest absolute Gasteiger partial charge is 0.478 e. The molecule has 26 heavy (non-hydrogen) atoms. The van der Waals surface area contributed by atoms with Crippen LogP contribution in [0.15, 0.2) is 59.6 Å². The maximum atomic E-state index is 12.1. The first kappa shape index (κ1) is 18.8. The van der Waals surface area contributed by atoms with Gasteiger partial charge in [0.15, 0.2) is 5.78 Å². The van der Waals surface area contributed by atoms with Crippen molar-refractivity contribution in [2.24, 2.45) is 4.99 Å². The second-order valence-electron chi connectivity index (χ2n) is 5.25. The van der Waals surface area contributed by atoms with Crippen molar-refractivity contribution in [1.82, 2.24) is 5.48 Å². The van der Waals surface area contributed by atoms with E-state index in [1.54, 1.807) is 36.4 Å². The molecule has 0 spiro atoms. The van der Waals surface area contributed by atoms with Crippen molar-refractivity contribution in [3.05, 3.63) is 76.9 Å². The third kappa shape index (κ3) is 5.50. The van der Waals surface area contributed by atoms with E-state index in [4.69, 9.17) is 10.3 Å². The first-order valence-corrected chi connectivity index (χ1v) is 7.58. The zero-order valence-corrected chi connectivity index (χ0v) is 13.6. The van der Waals surface area contributed by atoms with Crippen molar-refractivity contribution in [3.63, 3.8) is 0 Å². The van der Waals surface area contributed by atoms with Crippen LogP contribution in [0.5, 0.6) is 0 Å². The molecule has 0 aliphatic carbocycles. The fraction of sp³-hybridized carbons (Fsp3) is 0.0526. The summed E-state index contributed by atoms with van der Waals surface area (Å²) in [6.07, 6.45) is 4.11. The highest BCUT2D eigenvalue weighted by Crippen LogP contribution is 2.08. The Balaban J connectivity index is 1.97. The summed E-state index contributed by atoms with van der Waals surface area (Å²) >= 11 is 0. The number of carboxylic acids is 1. The summed E-state index contributed by atoms with van der Waals surface area (Å²) < 4.78 is 0.